The number of aromatic nitrogens is 1. The first kappa shape index (κ1) is 21.6. The topological polar surface area (TPSA) is 71.4 Å². The Balaban J connectivity index is 1.39. The number of carbonyl (C=O) groups excluding carboxylic acids is 1. The Kier molecular flexibility index (Phi) is 6.43. The monoisotopic (exact) mass is 439 g/mol. The average molecular weight is 440 g/mol. The second kappa shape index (κ2) is 9.24. The molecule has 1 N–H and O–H groups in total. The summed E-state index contributed by atoms with van der Waals surface area (Å²) in [5, 5.41) is 4.13. The van der Waals surface area contributed by atoms with Gasteiger partial charge in [-0.05, 0) is 61.4 Å². The molecule has 0 saturated carbocycles. The molecule has 1 aromatic heterocycles. The third kappa shape index (κ3) is 4.67. The molecule has 1 aliphatic rings. The van der Waals surface area contributed by atoms with Crippen LogP contribution in [0.1, 0.15) is 41.6 Å². The normalized spacial score (nSPS) is 15.3. The fraction of sp³-hybridized carbons (Fsp3) is 0.375. The molecular weight excluding hydrogens is 410 g/mol. The zero-order valence-electron chi connectivity index (χ0n) is 17.9. The van der Waals surface area contributed by atoms with Gasteiger partial charge in [-0.15, -0.1) is 0 Å². The van der Waals surface area contributed by atoms with Crippen LogP contribution in [0.15, 0.2) is 59.6 Å². The smallest absolute Gasteiger partial charge is 0.251 e. The van der Waals surface area contributed by atoms with Crippen molar-refractivity contribution in [2.24, 2.45) is 0 Å². The van der Waals surface area contributed by atoms with Gasteiger partial charge in [0, 0.05) is 43.5 Å². The maximum Gasteiger partial charge on any atom is 0.251 e. The molecule has 0 bridgehead atoms. The average Bonchev–Trinajstić information content (AvgIpc) is 3.20. The molecule has 1 amide bonds. The van der Waals surface area contributed by atoms with Crippen LogP contribution in [0.4, 0.5) is 0 Å². The highest BCUT2D eigenvalue weighted by molar-refractivity contribution is 7.89. The van der Waals surface area contributed by atoms with Crippen LogP contribution >= 0.6 is 0 Å². The molecular formula is C24H29N3O3S. The van der Waals surface area contributed by atoms with Crippen molar-refractivity contribution in [3.05, 3.63) is 65.9 Å². The van der Waals surface area contributed by atoms with Crippen LogP contribution in [0.25, 0.3) is 10.9 Å². The van der Waals surface area contributed by atoms with Gasteiger partial charge in [-0.1, -0.05) is 30.7 Å². The molecule has 31 heavy (non-hydrogen) atoms. The van der Waals surface area contributed by atoms with Crippen molar-refractivity contribution in [1.29, 1.82) is 0 Å². The van der Waals surface area contributed by atoms with Crippen molar-refractivity contribution in [2.45, 2.75) is 44.0 Å². The summed E-state index contributed by atoms with van der Waals surface area (Å²) >= 11 is 0. The number of hydrogen-bond donors (Lipinski definition) is 1. The van der Waals surface area contributed by atoms with E-state index in [4.69, 9.17) is 0 Å². The Labute approximate surface area is 183 Å². The van der Waals surface area contributed by atoms with E-state index in [9.17, 15) is 13.2 Å². The second-order valence-electron chi connectivity index (χ2n) is 8.12. The number of hydrogen-bond acceptors (Lipinski definition) is 3. The third-order valence-corrected chi connectivity index (χ3v) is 7.97. The Morgan fingerprint density at radius 2 is 1.81 bits per heavy atom. The summed E-state index contributed by atoms with van der Waals surface area (Å²) in [7, 11) is -3.57. The van der Waals surface area contributed by atoms with E-state index < -0.39 is 10.0 Å². The minimum Gasteiger partial charge on any atom is -0.352 e. The predicted molar refractivity (Wildman–Crippen MR) is 123 cm³/mol. The van der Waals surface area contributed by atoms with Crippen LogP contribution < -0.4 is 5.32 Å². The highest BCUT2D eigenvalue weighted by atomic mass is 32.2. The van der Waals surface area contributed by atoms with Gasteiger partial charge in [0.1, 0.15) is 0 Å². The summed E-state index contributed by atoms with van der Waals surface area (Å²) in [4.78, 5) is 12.9. The van der Waals surface area contributed by atoms with Crippen LogP contribution in [-0.2, 0) is 16.6 Å². The summed E-state index contributed by atoms with van der Waals surface area (Å²) in [5.74, 6) is -0.243. The van der Waals surface area contributed by atoms with Gasteiger partial charge in [0.2, 0.25) is 10.0 Å². The molecule has 6 nitrogen and oxygen atoms in total. The summed E-state index contributed by atoms with van der Waals surface area (Å²) in [5.41, 5.74) is 2.23. The van der Waals surface area contributed by atoms with Gasteiger partial charge >= 0.3 is 0 Å². The molecule has 7 heteroatoms. The molecule has 164 valence electrons. The fourth-order valence-corrected chi connectivity index (χ4v) is 5.92. The largest absolute Gasteiger partial charge is 0.352 e. The minimum absolute atomic E-state index is 0.237. The molecule has 1 saturated heterocycles. The number of carbonyl (C=O) groups is 1. The van der Waals surface area contributed by atoms with Gasteiger partial charge in [-0.2, -0.15) is 4.31 Å². The molecule has 2 aromatic carbocycles. The van der Waals surface area contributed by atoms with E-state index >= 15 is 0 Å². The van der Waals surface area contributed by atoms with Crippen LogP contribution in [0.3, 0.4) is 0 Å². The molecule has 1 aliphatic heterocycles. The van der Waals surface area contributed by atoms with Gasteiger partial charge in [0.15, 0.2) is 0 Å². The maximum atomic E-state index is 13.1. The highest BCUT2D eigenvalue weighted by Gasteiger charge is 2.28. The number of amides is 1. The van der Waals surface area contributed by atoms with Crippen molar-refractivity contribution in [2.75, 3.05) is 19.6 Å². The maximum absolute atomic E-state index is 13.1. The van der Waals surface area contributed by atoms with E-state index in [1.54, 1.807) is 23.4 Å². The number of aryl methyl sites for hydroxylation is 2. The van der Waals surface area contributed by atoms with Gasteiger partial charge in [-0.3, -0.25) is 4.79 Å². The van der Waals surface area contributed by atoms with E-state index in [1.165, 1.54) is 17.0 Å². The summed E-state index contributed by atoms with van der Waals surface area (Å²) in [6.07, 6.45) is 5.68. The first-order chi connectivity index (χ1) is 15.0. The standard InChI is InChI=1S/C24H29N3O3S/c1-19-10-11-21(18-23(19)31(29,30)27-15-5-2-6-16-27)24(28)25-13-7-14-26-17-12-20-8-3-4-9-22(20)26/h3-4,8-12,17-18H,2,5-7,13-16H2,1H3,(H,25,28). The second-order valence-corrected chi connectivity index (χ2v) is 10.0. The number of nitrogens with one attached hydrogen (secondary N) is 1. The van der Waals surface area contributed by atoms with Gasteiger partial charge in [0.25, 0.3) is 5.91 Å². The summed E-state index contributed by atoms with van der Waals surface area (Å²) < 4.78 is 29.9. The van der Waals surface area contributed by atoms with Crippen LogP contribution in [0.2, 0.25) is 0 Å². The molecule has 0 radical (unpaired) electrons. The van der Waals surface area contributed by atoms with Crippen molar-refractivity contribution in [1.82, 2.24) is 14.2 Å². The lowest BCUT2D eigenvalue weighted by atomic mass is 10.1. The zero-order valence-corrected chi connectivity index (χ0v) is 18.7. The van der Waals surface area contributed by atoms with E-state index in [1.807, 2.05) is 12.1 Å². The first-order valence-electron chi connectivity index (χ1n) is 10.9. The summed E-state index contributed by atoms with van der Waals surface area (Å²) in [6, 6.07) is 15.2. The number of benzene rings is 2. The van der Waals surface area contributed by atoms with E-state index in [2.05, 4.69) is 34.3 Å². The molecule has 3 aromatic rings. The molecule has 1 fully saturated rings. The zero-order chi connectivity index (χ0) is 21.8. The van der Waals surface area contributed by atoms with Crippen molar-refractivity contribution in [3.63, 3.8) is 0 Å². The molecule has 0 atom stereocenters. The number of sulfonamides is 1. The Morgan fingerprint density at radius 3 is 2.61 bits per heavy atom. The van der Waals surface area contributed by atoms with Gasteiger partial charge < -0.3 is 9.88 Å². The molecule has 0 aliphatic carbocycles. The number of fused-ring (bicyclic) bond motifs is 1. The Bertz CT molecular complexity index is 1180. The number of piperidine rings is 1. The van der Waals surface area contributed by atoms with Crippen molar-refractivity contribution in [3.8, 4) is 0 Å². The van der Waals surface area contributed by atoms with E-state index in [-0.39, 0.29) is 10.8 Å². The van der Waals surface area contributed by atoms with Crippen molar-refractivity contribution < 1.29 is 13.2 Å². The Morgan fingerprint density at radius 1 is 1.03 bits per heavy atom. The lowest BCUT2D eigenvalue weighted by Crippen LogP contribution is -2.36. The molecule has 4 rings (SSSR count). The number of para-hydroxylation sites is 1. The molecule has 0 unspecified atom stereocenters. The quantitative estimate of drug-likeness (QED) is 0.567. The highest BCUT2D eigenvalue weighted by Crippen LogP contribution is 2.24. The van der Waals surface area contributed by atoms with Crippen LogP contribution in [0, 0.1) is 6.92 Å². The van der Waals surface area contributed by atoms with Crippen molar-refractivity contribution >= 4 is 26.8 Å². The lowest BCUT2D eigenvalue weighted by Gasteiger charge is -2.26. The fourth-order valence-electron chi connectivity index (χ4n) is 4.15. The predicted octanol–water partition coefficient (Wildman–Crippen LogP) is 3.94. The molecule has 0 spiro atoms. The number of nitrogens with zero attached hydrogens (tertiary/aromatic N) is 2. The van der Waals surface area contributed by atoms with Gasteiger partial charge in [0.05, 0.1) is 4.90 Å². The Hall–Kier alpha value is -2.64. The molecule has 2 heterocycles. The first-order valence-corrected chi connectivity index (χ1v) is 12.3. The summed E-state index contributed by atoms with van der Waals surface area (Å²) in [6.45, 7) is 4.20. The van der Waals surface area contributed by atoms with Gasteiger partial charge in [-0.25, -0.2) is 8.42 Å². The van der Waals surface area contributed by atoms with Crippen LogP contribution in [0.5, 0.6) is 0 Å². The van der Waals surface area contributed by atoms with E-state index in [0.29, 0.717) is 30.8 Å². The minimum atomic E-state index is -3.57. The number of rotatable bonds is 7. The van der Waals surface area contributed by atoms with Crippen LogP contribution in [-0.4, -0.2) is 42.8 Å². The van der Waals surface area contributed by atoms with E-state index in [0.717, 1.165) is 32.2 Å². The third-order valence-electron chi connectivity index (χ3n) is 5.92. The lowest BCUT2D eigenvalue weighted by molar-refractivity contribution is 0.0952. The SMILES string of the molecule is Cc1ccc(C(=O)NCCCn2ccc3ccccc32)cc1S(=O)(=O)N1CCCCC1.